The van der Waals surface area contributed by atoms with Crippen LogP contribution in [0.4, 0.5) is 5.69 Å². The number of benzene rings is 2. The number of halogens is 1. The number of hydrogen-bond acceptors (Lipinski definition) is 2. The Labute approximate surface area is 141 Å². The molecule has 2 aromatic carbocycles. The molecule has 0 atom stereocenters. The van der Waals surface area contributed by atoms with Crippen LogP contribution >= 0.6 is 15.9 Å². The van der Waals surface area contributed by atoms with Crippen molar-refractivity contribution >= 4 is 33.8 Å². The Morgan fingerprint density at radius 3 is 2.23 bits per heavy atom. The lowest BCUT2D eigenvalue weighted by Gasteiger charge is -2.24. The zero-order chi connectivity index (χ0) is 16.3. The fourth-order valence-electron chi connectivity index (χ4n) is 2.32. The number of ether oxygens (including phenoxy) is 1. The zero-order valence-corrected chi connectivity index (χ0v) is 15.1. The number of anilines is 1. The van der Waals surface area contributed by atoms with Gasteiger partial charge in [-0.25, -0.2) is 0 Å². The van der Waals surface area contributed by atoms with Gasteiger partial charge in [0, 0.05) is 21.3 Å². The smallest absolute Gasteiger partial charge is 0.129 e. The predicted octanol–water partition coefficient (Wildman–Crippen LogP) is 5.51. The van der Waals surface area contributed by atoms with Gasteiger partial charge in [0.25, 0.3) is 0 Å². The minimum Gasteiger partial charge on any atom is -0.496 e. The molecule has 0 amide bonds. The molecule has 0 aromatic heterocycles. The third-order valence-corrected chi connectivity index (χ3v) is 3.94. The summed E-state index contributed by atoms with van der Waals surface area (Å²) < 4.78 is 6.72. The van der Waals surface area contributed by atoms with Gasteiger partial charge in [0.15, 0.2) is 0 Å². The molecule has 0 heterocycles. The third kappa shape index (κ3) is 3.92. The summed E-state index contributed by atoms with van der Waals surface area (Å²) in [4.78, 5) is 0. The SMILES string of the molecule is COc1c(/C=C/c2ccc(N)cc2)cc(Br)cc1C(C)(C)C. The summed E-state index contributed by atoms with van der Waals surface area (Å²) in [5.41, 5.74) is 9.84. The van der Waals surface area contributed by atoms with Gasteiger partial charge in [0.1, 0.15) is 5.75 Å². The Bertz CT molecular complexity index is 682. The molecule has 3 heteroatoms. The Balaban J connectivity index is 2.46. The Kier molecular flexibility index (Phi) is 4.97. The highest BCUT2D eigenvalue weighted by molar-refractivity contribution is 9.10. The van der Waals surface area contributed by atoms with Gasteiger partial charge in [0.05, 0.1) is 7.11 Å². The van der Waals surface area contributed by atoms with Crippen LogP contribution in [0.5, 0.6) is 5.75 Å². The molecule has 0 aliphatic heterocycles. The van der Waals surface area contributed by atoms with Crippen LogP contribution in [0.25, 0.3) is 12.2 Å². The van der Waals surface area contributed by atoms with Gasteiger partial charge in [-0.2, -0.15) is 0 Å². The molecule has 2 rings (SSSR count). The second-order valence-electron chi connectivity index (χ2n) is 6.33. The van der Waals surface area contributed by atoms with E-state index >= 15 is 0 Å². The predicted molar refractivity (Wildman–Crippen MR) is 99.2 cm³/mol. The molecule has 0 fully saturated rings. The second kappa shape index (κ2) is 6.57. The average Bonchev–Trinajstić information content (AvgIpc) is 2.45. The van der Waals surface area contributed by atoms with Crippen molar-refractivity contribution in [3.8, 4) is 5.75 Å². The van der Waals surface area contributed by atoms with E-state index < -0.39 is 0 Å². The van der Waals surface area contributed by atoms with E-state index in [0.29, 0.717) is 0 Å². The van der Waals surface area contributed by atoms with Crippen LogP contribution in [0.3, 0.4) is 0 Å². The van der Waals surface area contributed by atoms with Gasteiger partial charge in [-0.15, -0.1) is 0 Å². The number of methoxy groups -OCH3 is 1. The highest BCUT2D eigenvalue weighted by atomic mass is 79.9. The van der Waals surface area contributed by atoms with E-state index in [1.54, 1.807) is 7.11 Å². The van der Waals surface area contributed by atoms with E-state index in [2.05, 4.69) is 61.0 Å². The first-order valence-electron chi connectivity index (χ1n) is 7.23. The first kappa shape index (κ1) is 16.6. The van der Waals surface area contributed by atoms with Gasteiger partial charge >= 0.3 is 0 Å². The molecule has 2 aromatic rings. The Morgan fingerprint density at radius 2 is 1.68 bits per heavy atom. The molecule has 0 aliphatic carbocycles. The van der Waals surface area contributed by atoms with Crippen molar-refractivity contribution in [1.82, 2.24) is 0 Å². The van der Waals surface area contributed by atoms with E-state index in [4.69, 9.17) is 10.5 Å². The third-order valence-electron chi connectivity index (χ3n) is 3.49. The van der Waals surface area contributed by atoms with Crippen LogP contribution in [0, 0.1) is 0 Å². The first-order valence-corrected chi connectivity index (χ1v) is 8.02. The van der Waals surface area contributed by atoms with Crippen molar-refractivity contribution < 1.29 is 4.74 Å². The summed E-state index contributed by atoms with van der Waals surface area (Å²) in [6.45, 7) is 6.56. The lowest BCUT2D eigenvalue weighted by Crippen LogP contribution is -2.13. The molecule has 0 saturated carbocycles. The summed E-state index contributed by atoms with van der Waals surface area (Å²) >= 11 is 3.60. The van der Waals surface area contributed by atoms with E-state index in [1.165, 1.54) is 5.56 Å². The molecule has 2 nitrogen and oxygen atoms in total. The molecule has 2 N–H and O–H groups in total. The van der Waals surface area contributed by atoms with Crippen LogP contribution in [0.15, 0.2) is 40.9 Å². The molecule has 0 radical (unpaired) electrons. The van der Waals surface area contributed by atoms with Crippen molar-refractivity contribution in [2.24, 2.45) is 0 Å². The lowest BCUT2D eigenvalue weighted by atomic mass is 9.85. The number of nitrogens with two attached hydrogens (primary N) is 1. The van der Waals surface area contributed by atoms with E-state index in [-0.39, 0.29) is 5.41 Å². The summed E-state index contributed by atoms with van der Waals surface area (Å²) in [5.74, 6) is 0.919. The topological polar surface area (TPSA) is 35.2 Å². The molecule has 0 aliphatic rings. The van der Waals surface area contributed by atoms with E-state index in [0.717, 1.165) is 27.0 Å². The quantitative estimate of drug-likeness (QED) is 0.579. The van der Waals surface area contributed by atoms with E-state index in [9.17, 15) is 0 Å². The second-order valence-corrected chi connectivity index (χ2v) is 7.24. The Morgan fingerprint density at radius 1 is 1.05 bits per heavy atom. The normalized spacial score (nSPS) is 11.9. The molecule has 0 saturated heterocycles. The summed E-state index contributed by atoms with van der Waals surface area (Å²) in [6.07, 6.45) is 4.14. The summed E-state index contributed by atoms with van der Waals surface area (Å²) in [5, 5.41) is 0. The molecule has 22 heavy (non-hydrogen) atoms. The minimum atomic E-state index is 0.0128. The van der Waals surface area contributed by atoms with Crippen LogP contribution in [-0.4, -0.2) is 7.11 Å². The van der Waals surface area contributed by atoms with Crippen molar-refractivity contribution in [2.75, 3.05) is 12.8 Å². The fourth-order valence-corrected chi connectivity index (χ4v) is 2.79. The zero-order valence-electron chi connectivity index (χ0n) is 13.5. The van der Waals surface area contributed by atoms with Gasteiger partial charge < -0.3 is 10.5 Å². The Hall–Kier alpha value is -1.74. The first-order chi connectivity index (χ1) is 10.3. The highest BCUT2D eigenvalue weighted by Crippen LogP contribution is 2.37. The maximum atomic E-state index is 5.72. The van der Waals surface area contributed by atoms with Gasteiger partial charge in [0.2, 0.25) is 0 Å². The minimum absolute atomic E-state index is 0.0128. The average molecular weight is 360 g/mol. The van der Waals surface area contributed by atoms with Crippen LogP contribution in [0.2, 0.25) is 0 Å². The number of nitrogen functional groups attached to an aromatic ring is 1. The molecule has 0 spiro atoms. The standard InChI is InChI=1S/C19H22BrNO/c1-19(2,3)17-12-15(20)11-14(18(17)22-4)8-5-13-6-9-16(21)10-7-13/h5-12H,21H2,1-4H3/b8-5+. The van der Waals surface area contributed by atoms with Crippen molar-refractivity contribution in [3.05, 3.63) is 57.6 Å². The molecule has 0 unspecified atom stereocenters. The van der Waals surface area contributed by atoms with Crippen LogP contribution in [0.1, 0.15) is 37.5 Å². The number of rotatable bonds is 3. The molecular formula is C19H22BrNO. The molecule has 116 valence electrons. The summed E-state index contributed by atoms with van der Waals surface area (Å²) in [6, 6.07) is 12.0. The monoisotopic (exact) mass is 359 g/mol. The largest absolute Gasteiger partial charge is 0.496 e. The fraction of sp³-hybridized carbons (Fsp3) is 0.263. The van der Waals surface area contributed by atoms with Crippen LogP contribution in [-0.2, 0) is 5.41 Å². The maximum Gasteiger partial charge on any atom is 0.129 e. The summed E-state index contributed by atoms with van der Waals surface area (Å²) in [7, 11) is 1.72. The lowest BCUT2D eigenvalue weighted by molar-refractivity contribution is 0.396. The van der Waals surface area contributed by atoms with Crippen molar-refractivity contribution in [3.63, 3.8) is 0 Å². The number of hydrogen-bond donors (Lipinski definition) is 1. The van der Waals surface area contributed by atoms with Crippen LogP contribution < -0.4 is 10.5 Å². The van der Waals surface area contributed by atoms with Crippen molar-refractivity contribution in [2.45, 2.75) is 26.2 Å². The van der Waals surface area contributed by atoms with Gasteiger partial charge in [-0.05, 0) is 35.2 Å². The molecule has 0 bridgehead atoms. The molecular weight excluding hydrogens is 338 g/mol. The van der Waals surface area contributed by atoms with E-state index in [1.807, 2.05) is 24.3 Å². The highest BCUT2D eigenvalue weighted by Gasteiger charge is 2.21. The van der Waals surface area contributed by atoms with Gasteiger partial charge in [-0.1, -0.05) is 61.0 Å². The van der Waals surface area contributed by atoms with Gasteiger partial charge in [-0.3, -0.25) is 0 Å². The van der Waals surface area contributed by atoms with Crippen molar-refractivity contribution in [1.29, 1.82) is 0 Å². The maximum absolute atomic E-state index is 5.72.